The highest BCUT2D eigenvalue weighted by molar-refractivity contribution is 5.87. The van der Waals surface area contributed by atoms with E-state index in [4.69, 9.17) is 0 Å². The molecule has 1 fully saturated rings. The number of aliphatic carboxylic acids is 1. The van der Waals surface area contributed by atoms with E-state index in [1.54, 1.807) is 0 Å². The first-order valence-corrected chi connectivity index (χ1v) is 7.16. The van der Waals surface area contributed by atoms with Gasteiger partial charge in [-0.2, -0.15) is 0 Å². The fraction of sp³-hybridized carbons (Fsp3) is 0.353. The van der Waals surface area contributed by atoms with Crippen LogP contribution in [0.25, 0.3) is 10.8 Å². The average Bonchev–Trinajstić information content (AvgIpc) is 2.47. The third-order valence-corrected chi connectivity index (χ3v) is 4.25. The lowest BCUT2D eigenvalue weighted by Gasteiger charge is -2.38. The van der Waals surface area contributed by atoms with Gasteiger partial charge in [0, 0.05) is 0 Å². The van der Waals surface area contributed by atoms with Gasteiger partial charge in [-0.15, -0.1) is 0 Å². The van der Waals surface area contributed by atoms with Crippen LogP contribution in [0.2, 0.25) is 0 Å². The Labute approximate surface area is 118 Å². The summed E-state index contributed by atoms with van der Waals surface area (Å²) in [5, 5.41) is 15.1. The molecule has 0 saturated carbocycles. The van der Waals surface area contributed by atoms with Crippen molar-refractivity contribution in [2.45, 2.75) is 31.2 Å². The average molecular weight is 269 g/mol. The topological polar surface area (TPSA) is 49.3 Å². The summed E-state index contributed by atoms with van der Waals surface area (Å²) in [6, 6.07) is 14.4. The lowest BCUT2D eigenvalue weighted by atomic mass is 9.77. The molecule has 0 amide bonds. The predicted octanol–water partition coefficient (Wildman–Crippen LogP) is 3.28. The quantitative estimate of drug-likeness (QED) is 0.899. The van der Waals surface area contributed by atoms with E-state index in [1.807, 2.05) is 18.2 Å². The zero-order valence-corrected chi connectivity index (χ0v) is 11.4. The van der Waals surface area contributed by atoms with E-state index in [2.05, 4.69) is 29.6 Å². The van der Waals surface area contributed by atoms with Crippen LogP contribution in [-0.2, 0) is 10.3 Å². The van der Waals surface area contributed by atoms with Crippen molar-refractivity contribution in [2.24, 2.45) is 0 Å². The molecule has 3 rings (SSSR count). The van der Waals surface area contributed by atoms with Crippen molar-refractivity contribution >= 4 is 16.7 Å². The molecule has 1 saturated heterocycles. The Bertz CT molecular complexity index is 624. The molecule has 0 spiro atoms. The predicted molar refractivity (Wildman–Crippen MR) is 79.7 cm³/mol. The molecule has 1 heterocycles. The summed E-state index contributed by atoms with van der Waals surface area (Å²) < 4.78 is 0. The van der Waals surface area contributed by atoms with E-state index in [9.17, 15) is 9.90 Å². The first-order chi connectivity index (χ1) is 9.71. The summed E-state index contributed by atoms with van der Waals surface area (Å²) in [5.74, 6) is -0.743. The van der Waals surface area contributed by atoms with Gasteiger partial charge in [-0.3, -0.25) is 4.79 Å². The van der Waals surface area contributed by atoms with Crippen LogP contribution in [0.1, 0.15) is 31.2 Å². The highest BCUT2D eigenvalue weighted by atomic mass is 16.4. The Morgan fingerprint density at radius 1 is 1.15 bits per heavy atom. The molecule has 1 aliphatic rings. The Balaban J connectivity index is 2.16. The summed E-state index contributed by atoms with van der Waals surface area (Å²) in [4.78, 5) is 11.3. The lowest BCUT2D eigenvalue weighted by molar-refractivity contribution is -0.139. The molecule has 0 radical (unpaired) electrons. The van der Waals surface area contributed by atoms with Gasteiger partial charge in [-0.05, 0) is 42.1 Å². The molecule has 0 bridgehead atoms. The Morgan fingerprint density at radius 2 is 1.95 bits per heavy atom. The molecule has 3 nitrogen and oxygen atoms in total. The maximum atomic E-state index is 11.3. The van der Waals surface area contributed by atoms with Gasteiger partial charge in [0.1, 0.15) is 0 Å². The molecule has 2 aromatic rings. The fourth-order valence-corrected chi connectivity index (χ4v) is 3.34. The fourth-order valence-electron chi connectivity index (χ4n) is 3.34. The molecule has 104 valence electrons. The lowest BCUT2D eigenvalue weighted by Crippen LogP contribution is -2.47. The van der Waals surface area contributed by atoms with Crippen LogP contribution < -0.4 is 5.32 Å². The van der Waals surface area contributed by atoms with Gasteiger partial charge in [0.15, 0.2) is 0 Å². The summed E-state index contributed by atoms with van der Waals surface area (Å²) in [6.45, 7) is 0.885. The minimum Gasteiger partial charge on any atom is -0.481 e. The van der Waals surface area contributed by atoms with E-state index < -0.39 is 11.5 Å². The van der Waals surface area contributed by atoms with Crippen LogP contribution in [0.4, 0.5) is 0 Å². The van der Waals surface area contributed by atoms with Crippen LogP contribution in [0.3, 0.4) is 0 Å². The van der Waals surface area contributed by atoms with Crippen molar-refractivity contribution in [2.75, 3.05) is 6.54 Å². The molecule has 20 heavy (non-hydrogen) atoms. The smallest absolute Gasteiger partial charge is 0.305 e. The number of hydrogen-bond donors (Lipinski definition) is 2. The molecular formula is C17H19NO2. The first kappa shape index (κ1) is 13.1. The zero-order chi connectivity index (χ0) is 14.0. The Hall–Kier alpha value is -1.87. The van der Waals surface area contributed by atoms with Crippen LogP contribution in [-0.4, -0.2) is 17.6 Å². The molecule has 1 unspecified atom stereocenters. The van der Waals surface area contributed by atoms with Crippen LogP contribution in [0.5, 0.6) is 0 Å². The van der Waals surface area contributed by atoms with E-state index >= 15 is 0 Å². The van der Waals surface area contributed by atoms with E-state index in [-0.39, 0.29) is 6.42 Å². The molecule has 2 N–H and O–H groups in total. The van der Waals surface area contributed by atoms with Gasteiger partial charge < -0.3 is 10.4 Å². The summed E-state index contributed by atoms with van der Waals surface area (Å²) in [6.07, 6.45) is 3.21. The molecule has 1 atom stereocenters. The normalized spacial score (nSPS) is 22.8. The summed E-state index contributed by atoms with van der Waals surface area (Å²) >= 11 is 0. The summed E-state index contributed by atoms with van der Waals surface area (Å²) in [7, 11) is 0. The maximum Gasteiger partial charge on any atom is 0.305 e. The molecular weight excluding hydrogens is 250 g/mol. The molecule has 1 aliphatic heterocycles. The second-order valence-corrected chi connectivity index (χ2v) is 5.56. The minimum absolute atomic E-state index is 0.140. The third kappa shape index (κ3) is 2.29. The van der Waals surface area contributed by atoms with Gasteiger partial charge in [0.05, 0.1) is 12.0 Å². The second kappa shape index (κ2) is 5.25. The number of rotatable bonds is 3. The molecule has 2 aromatic carbocycles. The van der Waals surface area contributed by atoms with E-state index in [0.29, 0.717) is 0 Å². The first-order valence-electron chi connectivity index (χ1n) is 7.16. The maximum absolute atomic E-state index is 11.3. The van der Waals surface area contributed by atoms with E-state index in [0.717, 1.165) is 36.8 Å². The van der Waals surface area contributed by atoms with Crippen molar-refractivity contribution in [3.05, 3.63) is 48.0 Å². The van der Waals surface area contributed by atoms with Gasteiger partial charge in [0.25, 0.3) is 0 Å². The number of carbonyl (C=O) groups is 1. The van der Waals surface area contributed by atoms with E-state index in [1.165, 1.54) is 5.39 Å². The number of piperidine rings is 1. The van der Waals surface area contributed by atoms with Crippen LogP contribution in [0, 0.1) is 0 Å². The van der Waals surface area contributed by atoms with Crippen LogP contribution in [0.15, 0.2) is 42.5 Å². The molecule has 0 aliphatic carbocycles. The number of carboxylic acids is 1. The standard InChI is InChI=1S/C17H19NO2/c19-16(20)12-17(10-3-4-11-18-17)15-9-5-7-13-6-1-2-8-14(13)15/h1-2,5-9,18H,3-4,10-12H2,(H,19,20). The number of benzene rings is 2. The summed E-state index contributed by atoms with van der Waals surface area (Å²) in [5.41, 5.74) is 0.697. The highest BCUT2D eigenvalue weighted by Crippen LogP contribution is 2.37. The van der Waals surface area contributed by atoms with Gasteiger partial charge >= 0.3 is 5.97 Å². The van der Waals surface area contributed by atoms with Gasteiger partial charge in [-0.25, -0.2) is 0 Å². The zero-order valence-electron chi connectivity index (χ0n) is 11.4. The van der Waals surface area contributed by atoms with Crippen molar-refractivity contribution in [1.29, 1.82) is 0 Å². The minimum atomic E-state index is -0.743. The largest absolute Gasteiger partial charge is 0.481 e. The van der Waals surface area contributed by atoms with Gasteiger partial charge in [0.2, 0.25) is 0 Å². The molecule has 3 heteroatoms. The number of nitrogens with one attached hydrogen (secondary N) is 1. The third-order valence-electron chi connectivity index (χ3n) is 4.25. The van der Waals surface area contributed by atoms with Gasteiger partial charge in [-0.1, -0.05) is 42.5 Å². The van der Waals surface area contributed by atoms with Crippen molar-refractivity contribution in [3.63, 3.8) is 0 Å². The highest BCUT2D eigenvalue weighted by Gasteiger charge is 2.36. The molecule has 0 aromatic heterocycles. The SMILES string of the molecule is O=C(O)CC1(c2cccc3ccccc23)CCCCN1. The Kier molecular flexibility index (Phi) is 3.45. The second-order valence-electron chi connectivity index (χ2n) is 5.56. The van der Waals surface area contributed by atoms with Crippen molar-refractivity contribution in [3.8, 4) is 0 Å². The number of hydrogen-bond acceptors (Lipinski definition) is 2. The van der Waals surface area contributed by atoms with Crippen molar-refractivity contribution < 1.29 is 9.90 Å². The Morgan fingerprint density at radius 3 is 2.70 bits per heavy atom. The monoisotopic (exact) mass is 269 g/mol. The van der Waals surface area contributed by atoms with Crippen molar-refractivity contribution in [1.82, 2.24) is 5.32 Å². The number of fused-ring (bicyclic) bond motifs is 1. The number of carboxylic acid groups (broad SMARTS) is 1. The van der Waals surface area contributed by atoms with Crippen LogP contribution >= 0.6 is 0 Å².